The van der Waals surface area contributed by atoms with Crippen LogP contribution in [0.15, 0.2) is 29.2 Å². The molecule has 0 saturated heterocycles. The number of unbranched alkanes of at least 4 members (excludes halogenated alkanes) is 2. The molecule has 10 heteroatoms. The maximum atomic E-state index is 12.0. The van der Waals surface area contributed by atoms with E-state index in [-0.39, 0.29) is 18.0 Å². The van der Waals surface area contributed by atoms with Crippen molar-refractivity contribution in [2.75, 3.05) is 13.2 Å². The number of carbonyl (C=O) groups is 1. The highest BCUT2D eigenvalue weighted by Gasteiger charge is 2.24. The van der Waals surface area contributed by atoms with Crippen molar-refractivity contribution in [2.24, 2.45) is 5.73 Å². The first-order valence-corrected chi connectivity index (χ1v) is 7.98. The Morgan fingerprint density at radius 2 is 1.95 bits per heavy atom. The Bertz CT molecular complexity index is 632. The third kappa shape index (κ3) is 5.66. The molecule has 3 N–H and O–H groups in total. The van der Waals surface area contributed by atoms with E-state index in [2.05, 4.69) is 9.46 Å². The van der Waals surface area contributed by atoms with Crippen molar-refractivity contribution in [3.63, 3.8) is 0 Å². The Balaban J connectivity index is 2.48. The summed E-state index contributed by atoms with van der Waals surface area (Å²) in [6.45, 7) is 0.303. The molecule has 22 heavy (non-hydrogen) atoms. The van der Waals surface area contributed by atoms with Crippen molar-refractivity contribution in [1.82, 2.24) is 4.72 Å². The second-order valence-electron chi connectivity index (χ2n) is 4.35. The molecule has 0 aliphatic carbocycles. The van der Waals surface area contributed by atoms with Gasteiger partial charge in [0.15, 0.2) is 4.90 Å². The molecule has 0 unspecified atom stereocenters. The van der Waals surface area contributed by atoms with Crippen LogP contribution in [0.3, 0.4) is 0 Å². The zero-order chi connectivity index (χ0) is 16.6. The van der Waals surface area contributed by atoms with Gasteiger partial charge in [-0.05, 0) is 25.3 Å². The molecule has 0 aliphatic rings. The number of carbonyl (C=O) groups excluding carboxylic acids is 1. The van der Waals surface area contributed by atoms with Crippen LogP contribution in [0.2, 0.25) is 0 Å². The number of nitro benzene ring substituents is 1. The summed E-state index contributed by atoms with van der Waals surface area (Å²) in [6, 6.07) is 5.13. The second kappa shape index (κ2) is 8.29. The highest BCUT2D eigenvalue weighted by molar-refractivity contribution is 7.89. The van der Waals surface area contributed by atoms with E-state index in [1.807, 2.05) is 0 Å². The lowest BCUT2D eigenvalue weighted by atomic mass is 10.2. The Labute approximate surface area is 127 Å². The van der Waals surface area contributed by atoms with Gasteiger partial charge in [0.1, 0.15) is 0 Å². The topological polar surface area (TPSA) is 142 Å². The molecule has 0 radical (unpaired) electrons. The van der Waals surface area contributed by atoms with Gasteiger partial charge in [0.25, 0.3) is 5.69 Å². The molecular formula is C12H17N3O6S. The number of nitrogens with zero attached hydrogens (tertiary/aromatic N) is 1. The number of ether oxygens (including phenoxy) is 1. The monoisotopic (exact) mass is 331 g/mol. The van der Waals surface area contributed by atoms with Crippen LogP contribution in [0.1, 0.15) is 19.3 Å². The predicted octanol–water partition coefficient (Wildman–Crippen LogP) is 1.14. The summed E-state index contributed by atoms with van der Waals surface area (Å²) < 4.78 is 30.9. The number of rotatable bonds is 9. The fraction of sp³-hybridized carbons (Fsp3) is 0.417. The number of hydrogen-bond acceptors (Lipinski definition) is 6. The predicted molar refractivity (Wildman–Crippen MR) is 77.7 cm³/mol. The van der Waals surface area contributed by atoms with E-state index in [4.69, 9.17) is 5.73 Å². The Morgan fingerprint density at radius 3 is 2.59 bits per heavy atom. The van der Waals surface area contributed by atoms with Crippen molar-refractivity contribution in [3.8, 4) is 0 Å². The summed E-state index contributed by atoms with van der Waals surface area (Å²) >= 11 is 0. The average Bonchev–Trinajstić information content (AvgIpc) is 2.45. The van der Waals surface area contributed by atoms with Crippen LogP contribution in [-0.2, 0) is 14.8 Å². The van der Waals surface area contributed by atoms with Gasteiger partial charge in [-0.15, -0.1) is 0 Å². The Hall–Kier alpha value is -2.20. The van der Waals surface area contributed by atoms with Gasteiger partial charge in [-0.1, -0.05) is 12.1 Å². The molecule has 122 valence electrons. The number of nitro groups is 1. The summed E-state index contributed by atoms with van der Waals surface area (Å²) in [5.74, 6) is 0. The standard InChI is InChI=1S/C12H17N3O6S/c13-12(16)21-9-5-1-4-8-14-22(19,20)11-7-3-2-6-10(11)15(17)18/h2-3,6-7,14H,1,4-5,8-9H2,(H2,13,16). The van der Waals surface area contributed by atoms with Gasteiger partial charge in [0, 0.05) is 12.6 Å². The molecule has 0 spiro atoms. The summed E-state index contributed by atoms with van der Waals surface area (Å²) in [5, 5.41) is 10.8. The molecule has 0 aromatic heterocycles. The zero-order valence-corrected chi connectivity index (χ0v) is 12.5. The number of amides is 1. The van der Waals surface area contributed by atoms with E-state index in [0.717, 1.165) is 6.07 Å². The van der Waals surface area contributed by atoms with Crippen LogP contribution in [0.4, 0.5) is 10.5 Å². The largest absolute Gasteiger partial charge is 0.450 e. The summed E-state index contributed by atoms with van der Waals surface area (Å²) in [5.41, 5.74) is 4.32. The maximum absolute atomic E-state index is 12.0. The number of hydrogen-bond donors (Lipinski definition) is 2. The first-order valence-electron chi connectivity index (χ1n) is 6.50. The molecule has 0 bridgehead atoms. The maximum Gasteiger partial charge on any atom is 0.404 e. The minimum atomic E-state index is -3.94. The Kier molecular flexibility index (Phi) is 6.73. The fourth-order valence-corrected chi connectivity index (χ4v) is 2.94. The smallest absolute Gasteiger partial charge is 0.404 e. The van der Waals surface area contributed by atoms with Gasteiger partial charge >= 0.3 is 6.09 Å². The molecular weight excluding hydrogens is 314 g/mol. The van der Waals surface area contributed by atoms with Crippen molar-refractivity contribution in [1.29, 1.82) is 0 Å². The third-order valence-electron chi connectivity index (χ3n) is 2.71. The van der Waals surface area contributed by atoms with Crippen LogP contribution in [0.25, 0.3) is 0 Å². The number of para-hydroxylation sites is 1. The van der Waals surface area contributed by atoms with Crippen LogP contribution in [0.5, 0.6) is 0 Å². The molecule has 0 fully saturated rings. The minimum Gasteiger partial charge on any atom is -0.450 e. The number of nitrogens with two attached hydrogens (primary N) is 1. The van der Waals surface area contributed by atoms with Crippen molar-refractivity contribution in [3.05, 3.63) is 34.4 Å². The number of primary amides is 1. The van der Waals surface area contributed by atoms with Gasteiger partial charge in [-0.25, -0.2) is 17.9 Å². The second-order valence-corrected chi connectivity index (χ2v) is 6.09. The molecule has 0 heterocycles. The summed E-state index contributed by atoms with van der Waals surface area (Å²) in [6.07, 6.45) is 0.822. The van der Waals surface area contributed by atoms with Gasteiger partial charge in [-0.3, -0.25) is 10.1 Å². The van der Waals surface area contributed by atoms with E-state index in [9.17, 15) is 23.3 Å². The van der Waals surface area contributed by atoms with E-state index in [1.54, 1.807) is 0 Å². The lowest BCUT2D eigenvalue weighted by Gasteiger charge is -2.07. The van der Waals surface area contributed by atoms with E-state index >= 15 is 0 Å². The molecule has 0 saturated carbocycles. The first kappa shape index (κ1) is 17.9. The van der Waals surface area contributed by atoms with Crippen LogP contribution < -0.4 is 10.5 Å². The molecule has 0 atom stereocenters. The average molecular weight is 331 g/mol. The summed E-state index contributed by atoms with van der Waals surface area (Å²) in [4.78, 5) is 20.0. The molecule has 0 aliphatic heterocycles. The molecule has 1 rings (SSSR count). The third-order valence-corrected chi connectivity index (χ3v) is 4.22. The van der Waals surface area contributed by atoms with Gasteiger partial charge in [0.2, 0.25) is 10.0 Å². The van der Waals surface area contributed by atoms with Crippen LogP contribution in [-0.4, -0.2) is 32.6 Å². The van der Waals surface area contributed by atoms with Gasteiger partial charge in [0.05, 0.1) is 11.5 Å². The van der Waals surface area contributed by atoms with Crippen molar-refractivity contribution in [2.45, 2.75) is 24.2 Å². The van der Waals surface area contributed by atoms with E-state index < -0.39 is 26.7 Å². The van der Waals surface area contributed by atoms with E-state index in [1.165, 1.54) is 18.2 Å². The molecule has 1 amide bonds. The lowest BCUT2D eigenvalue weighted by molar-refractivity contribution is -0.387. The number of sulfonamides is 1. The first-order chi connectivity index (χ1) is 10.3. The zero-order valence-electron chi connectivity index (χ0n) is 11.7. The fourth-order valence-electron chi connectivity index (χ4n) is 1.70. The lowest BCUT2D eigenvalue weighted by Crippen LogP contribution is -2.25. The van der Waals surface area contributed by atoms with Crippen LogP contribution in [0, 0.1) is 10.1 Å². The number of nitrogens with one attached hydrogen (secondary N) is 1. The molecule has 9 nitrogen and oxygen atoms in total. The highest BCUT2D eigenvalue weighted by Crippen LogP contribution is 2.22. The Morgan fingerprint density at radius 1 is 1.27 bits per heavy atom. The van der Waals surface area contributed by atoms with Gasteiger partial charge < -0.3 is 10.5 Å². The molecule has 1 aromatic carbocycles. The number of benzene rings is 1. The van der Waals surface area contributed by atoms with E-state index in [0.29, 0.717) is 19.3 Å². The van der Waals surface area contributed by atoms with Gasteiger partial charge in [-0.2, -0.15) is 0 Å². The minimum absolute atomic E-state index is 0.130. The normalized spacial score (nSPS) is 11.1. The quantitative estimate of drug-likeness (QED) is 0.395. The summed E-state index contributed by atoms with van der Waals surface area (Å²) in [7, 11) is -3.94. The SMILES string of the molecule is NC(=O)OCCCCCNS(=O)(=O)c1ccccc1[N+](=O)[O-]. The van der Waals surface area contributed by atoms with Crippen LogP contribution >= 0.6 is 0 Å². The highest BCUT2D eigenvalue weighted by atomic mass is 32.2. The van der Waals surface area contributed by atoms with Crippen molar-refractivity contribution < 1.29 is 22.9 Å². The molecule has 1 aromatic rings. The van der Waals surface area contributed by atoms with Crippen molar-refractivity contribution >= 4 is 21.8 Å².